The molecular formula is C8H13N3O2. The maximum atomic E-state index is 11.0. The third kappa shape index (κ3) is 3.59. The van der Waals surface area contributed by atoms with Crippen molar-refractivity contribution < 1.29 is 9.53 Å². The van der Waals surface area contributed by atoms with Crippen molar-refractivity contribution in [3.63, 3.8) is 0 Å². The van der Waals surface area contributed by atoms with Crippen molar-refractivity contribution in [2.75, 3.05) is 0 Å². The minimum absolute atomic E-state index is 0.0956. The molecule has 5 nitrogen and oxygen atoms in total. The Balaban J connectivity index is 2.23. The van der Waals surface area contributed by atoms with Crippen LogP contribution in [0.3, 0.4) is 0 Å². The molecule has 5 heteroatoms. The van der Waals surface area contributed by atoms with Crippen molar-refractivity contribution in [3.8, 4) is 0 Å². The quantitative estimate of drug-likeness (QED) is 0.735. The zero-order valence-corrected chi connectivity index (χ0v) is 7.70. The third-order valence-electron chi connectivity index (χ3n) is 1.32. The van der Waals surface area contributed by atoms with Crippen LogP contribution in [0.15, 0.2) is 12.3 Å². The predicted molar refractivity (Wildman–Crippen MR) is 47.0 cm³/mol. The van der Waals surface area contributed by atoms with Crippen molar-refractivity contribution in [1.29, 1.82) is 0 Å². The Labute approximate surface area is 76.5 Å². The molecule has 1 aromatic rings. The number of alkyl carbamates (subject to hydrolysis) is 1. The van der Waals surface area contributed by atoms with E-state index >= 15 is 0 Å². The lowest BCUT2D eigenvalue weighted by molar-refractivity contribution is 0.115. The molecule has 0 aliphatic rings. The van der Waals surface area contributed by atoms with E-state index in [0.717, 1.165) is 5.69 Å². The number of hydrogen-bond donors (Lipinski definition) is 2. The highest BCUT2D eigenvalue weighted by atomic mass is 16.6. The molecule has 0 saturated heterocycles. The van der Waals surface area contributed by atoms with Gasteiger partial charge in [0.05, 0.1) is 18.3 Å². The maximum Gasteiger partial charge on any atom is 0.407 e. The Morgan fingerprint density at radius 1 is 1.77 bits per heavy atom. The summed E-state index contributed by atoms with van der Waals surface area (Å²) in [7, 11) is 0. The summed E-state index contributed by atoms with van der Waals surface area (Å²) < 4.78 is 4.86. The zero-order valence-electron chi connectivity index (χ0n) is 7.70. The number of nitrogens with zero attached hydrogens (tertiary/aromatic N) is 1. The van der Waals surface area contributed by atoms with Crippen LogP contribution in [0.4, 0.5) is 4.79 Å². The molecule has 0 aliphatic heterocycles. The second kappa shape index (κ2) is 4.49. The van der Waals surface area contributed by atoms with Crippen LogP contribution in [-0.4, -0.2) is 22.4 Å². The first-order chi connectivity index (χ1) is 6.18. The number of amides is 1. The van der Waals surface area contributed by atoms with Gasteiger partial charge < -0.3 is 10.1 Å². The van der Waals surface area contributed by atoms with Crippen molar-refractivity contribution >= 4 is 6.09 Å². The molecule has 0 unspecified atom stereocenters. The topological polar surface area (TPSA) is 67.0 Å². The van der Waals surface area contributed by atoms with Gasteiger partial charge in [0, 0.05) is 6.20 Å². The molecule has 2 N–H and O–H groups in total. The lowest BCUT2D eigenvalue weighted by Crippen LogP contribution is -2.26. The number of hydrogen-bond acceptors (Lipinski definition) is 3. The van der Waals surface area contributed by atoms with Gasteiger partial charge in [-0.15, -0.1) is 0 Å². The van der Waals surface area contributed by atoms with Crippen LogP contribution in [-0.2, 0) is 11.3 Å². The fourth-order valence-corrected chi connectivity index (χ4v) is 0.806. The summed E-state index contributed by atoms with van der Waals surface area (Å²) in [6, 6.07) is 1.79. The molecule has 0 radical (unpaired) electrons. The largest absolute Gasteiger partial charge is 0.447 e. The lowest BCUT2D eigenvalue weighted by Gasteiger charge is -2.08. The van der Waals surface area contributed by atoms with E-state index in [1.807, 2.05) is 0 Å². The standard InChI is InChI=1S/C8H13N3O2/c1-6(2)13-8(12)9-5-7-3-4-10-11-7/h3-4,6H,5H2,1-2H3,(H,9,12)(H,10,11). The molecule has 0 fully saturated rings. The average molecular weight is 183 g/mol. The Kier molecular flexibility index (Phi) is 3.31. The first-order valence-corrected chi connectivity index (χ1v) is 4.11. The number of aromatic nitrogens is 2. The summed E-state index contributed by atoms with van der Waals surface area (Å²) >= 11 is 0. The van der Waals surface area contributed by atoms with E-state index in [-0.39, 0.29) is 6.10 Å². The van der Waals surface area contributed by atoms with Gasteiger partial charge in [-0.2, -0.15) is 5.10 Å². The third-order valence-corrected chi connectivity index (χ3v) is 1.32. The van der Waals surface area contributed by atoms with Gasteiger partial charge in [0.25, 0.3) is 0 Å². The van der Waals surface area contributed by atoms with E-state index in [2.05, 4.69) is 15.5 Å². The van der Waals surface area contributed by atoms with Gasteiger partial charge in [0.15, 0.2) is 0 Å². The van der Waals surface area contributed by atoms with E-state index in [9.17, 15) is 4.79 Å². The normalized spacial score (nSPS) is 10.1. The summed E-state index contributed by atoms with van der Waals surface area (Å²) in [4.78, 5) is 11.0. The molecule has 72 valence electrons. The highest BCUT2D eigenvalue weighted by Crippen LogP contribution is 1.92. The van der Waals surface area contributed by atoms with Crippen molar-refractivity contribution in [2.24, 2.45) is 0 Å². The minimum Gasteiger partial charge on any atom is -0.447 e. The first-order valence-electron chi connectivity index (χ1n) is 4.11. The van der Waals surface area contributed by atoms with Gasteiger partial charge in [-0.1, -0.05) is 0 Å². The molecule has 1 rings (SSSR count). The van der Waals surface area contributed by atoms with Crippen LogP contribution in [0.2, 0.25) is 0 Å². The number of carbonyl (C=O) groups is 1. The number of carbonyl (C=O) groups excluding carboxylic acids is 1. The van der Waals surface area contributed by atoms with E-state index in [0.29, 0.717) is 6.54 Å². The fraction of sp³-hybridized carbons (Fsp3) is 0.500. The Morgan fingerprint density at radius 2 is 2.54 bits per heavy atom. The van der Waals surface area contributed by atoms with Crippen LogP contribution in [0, 0.1) is 0 Å². The number of rotatable bonds is 3. The minimum atomic E-state index is -0.412. The lowest BCUT2D eigenvalue weighted by atomic mass is 10.4. The fourth-order valence-electron chi connectivity index (χ4n) is 0.806. The number of ether oxygens (including phenoxy) is 1. The van der Waals surface area contributed by atoms with Crippen molar-refractivity contribution in [1.82, 2.24) is 15.5 Å². The number of aromatic amines is 1. The first kappa shape index (κ1) is 9.57. The average Bonchev–Trinajstić information content (AvgIpc) is 2.51. The summed E-state index contributed by atoms with van der Waals surface area (Å²) in [5.41, 5.74) is 0.848. The molecule has 1 heterocycles. The Hall–Kier alpha value is -1.52. The maximum absolute atomic E-state index is 11.0. The second-order valence-corrected chi connectivity index (χ2v) is 2.89. The highest BCUT2D eigenvalue weighted by Gasteiger charge is 2.03. The molecule has 0 spiro atoms. The molecule has 0 aliphatic carbocycles. The molecule has 0 saturated carbocycles. The molecule has 0 bridgehead atoms. The highest BCUT2D eigenvalue weighted by molar-refractivity contribution is 5.67. The molecule has 13 heavy (non-hydrogen) atoms. The second-order valence-electron chi connectivity index (χ2n) is 2.89. The van der Waals surface area contributed by atoms with Gasteiger partial charge in [0.2, 0.25) is 0 Å². The number of H-pyrrole nitrogens is 1. The number of nitrogens with one attached hydrogen (secondary N) is 2. The van der Waals surface area contributed by atoms with Crippen LogP contribution < -0.4 is 5.32 Å². The van der Waals surface area contributed by atoms with Crippen molar-refractivity contribution in [2.45, 2.75) is 26.5 Å². The molecular weight excluding hydrogens is 170 g/mol. The van der Waals surface area contributed by atoms with E-state index in [1.165, 1.54) is 0 Å². The van der Waals surface area contributed by atoms with Gasteiger partial charge in [-0.3, -0.25) is 5.10 Å². The SMILES string of the molecule is CC(C)OC(=O)NCc1ccn[nH]1. The molecule has 0 aromatic carbocycles. The zero-order chi connectivity index (χ0) is 9.68. The van der Waals surface area contributed by atoms with Crippen molar-refractivity contribution in [3.05, 3.63) is 18.0 Å². The summed E-state index contributed by atoms with van der Waals surface area (Å²) in [5, 5.41) is 9.05. The monoisotopic (exact) mass is 183 g/mol. The van der Waals surface area contributed by atoms with Crippen LogP contribution in [0.25, 0.3) is 0 Å². The van der Waals surface area contributed by atoms with E-state index in [1.54, 1.807) is 26.1 Å². The Bertz CT molecular complexity index is 256. The van der Waals surface area contributed by atoms with Crippen LogP contribution in [0.5, 0.6) is 0 Å². The van der Waals surface area contributed by atoms with Gasteiger partial charge in [0.1, 0.15) is 0 Å². The molecule has 1 aromatic heterocycles. The summed E-state index contributed by atoms with van der Waals surface area (Å²) in [5.74, 6) is 0. The molecule has 1 amide bonds. The van der Waals surface area contributed by atoms with Gasteiger partial charge in [-0.25, -0.2) is 4.79 Å². The van der Waals surface area contributed by atoms with E-state index < -0.39 is 6.09 Å². The van der Waals surface area contributed by atoms with Gasteiger partial charge >= 0.3 is 6.09 Å². The van der Waals surface area contributed by atoms with Gasteiger partial charge in [-0.05, 0) is 19.9 Å². The summed E-state index contributed by atoms with van der Waals surface area (Å²) in [6.45, 7) is 4.01. The predicted octanol–water partition coefficient (Wildman–Crippen LogP) is 1.04. The van der Waals surface area contributed by atoms with Crippen LogP contribution >= 0.6 is 0 Å². The van der Waals surface area contributed by atoms with Crippen LogP contribution in [0.1, 0.15) is 19.5 Å². The Morgan fingerprint density at radius 3 is 3.08 bits per heavy atom. The smallest absolute Gasteiger partial charge is 0.407 e. The summed E-state index contributed by atoms with van der Waals surface area (Å²) in [6.07, 6.45) is 1.12. The molecule has 0 atom stereocenters. The van der Waals surface area contributed by atoms with E-state index in [4.69, 9.17) is 4.74 Å².